The number of rotatable bonds is 12. The lowest BCUT2D eigenvalue weighted by atomic mass is 9.77. The van der Waals surface area contributed by atoms with Gasteiger partial charge < -0.3 is 18.7 Å². The van der Waals surface area contributed by atoms with Gasteiger partial charge in [-0.2, -0.15) is 0 Å². The Morgan fingerprint density at radius 3 is 2.50 bits per heavy atom. The van der Waals surface area contributed by atoms with Gasteiger partial charge in [-0.3, -0.25) is 0 Å². The van der Waals surface area contributed by atoms with E-state index in [4.69, 9.17) is 19.2 Å². The number of ether oxygens (including phenoxy) is 1. The van der Waals surface area contributed by atoms with Gasteiger partial charge in [0.25, 0.3) is 0 Å². The van der Waals surface area contributed by atoms with Crippen molar-refractivity contribution in [3.8, 4) is 5.75 Å². The fourth-order valence-electron chi connectivity index (χ4n) is 5.30. The molecule has 0 saturated heterocycles. The summed E-state index contributed by atoms with van der Waals surface area (Å²) in [6.45, 7) is 2.29. The molecule has 1 aliphatic rings. The second-order valence-electron chi connectivity index (χ2n) is 10.7. The maximum atomic E-state index is 11.0. The molecule has 1 heterocycles. The molecule has 3 aromatic rings. The van der Waals surface area contributed by atoms with Crippen LogP contribution < -0.4 is 4.74 Å². The van der Waals surface area contributed by atoms with Gasteiger partial charge in [0.15, 0.2) is 11.7 Å². The van der Waals surface area contributed by atoms with E-state index >= 15 is 0 Å². The Bertz CT molecular complexity index is 1090. The third-order valence-electron chi connectivity index (χ3n) is 7.27. The monoisotopic (exact) mass is 491 g/mol. The number of hydrogen-bond acceptors (Lipinski definition) is 4. The van der Waals surface area contributed by atoms with Crippen molar-refractivity contribution in [3.63, 3.8) is 0 Å². The molecule has 1 N–H and O–H groups in total. The molecule has 1 aliphatic carbocycles. The average Bonchev–Trinajstić information content (AvgIpc) is 3.34. The lowest BCUT2D eigenvalue weighted by Gasteiger charge is -2.29. The third-order valence-corrected chi connectivity index (χ3v) is 7.27. The zero-order chi connectivity index (χ0) is 25.4. The molecule has 6 heteroatoms. The smallest absolute Gasteiger partial charge is 0.335 e. The zero-order valence-electron chi connectivity index (χ0n) is 21.6. The van der Waals surface area contributed by atoms with Crippen molar-refractivity contribution in [1.29, 1.82) is 0 Å². The molecular weight excluding hydrogens is 452 g/mol. The highest BCUT2D eigenvalue weighted by atomic mass is 16.5. The van der Waals surface area contributed by atoms with Crippen molar-refractivity contribution >= 4 is 5.97 Å². The summed E-state index contributed by atoms with van der Waals surface area (Å²) in [7, 11) is 4.40. The van der Waals surface area contributed by atoms with Gasteiger partial charge in [-0.05, 0) is 55.0 Å². The van der Waals surface area contributed by atoms with Crippen molar-refractivity contribution < 1.29 is 23.5 Å². The van der Waals surface area contributed by atoms with E-state index in [1.165, 1.54) is 37.7 Å². The molecule has 4 rings (SSSR count). The van der Waals surface area contributed by atoms with E-state index in [1.807, 2.05) is 6.20 Å². The van der Waals surface area contributed by atoms with Gasteiger partial charge in [0, 0.05) is 12.3 Å². The Morgan fingerprint density at radius 2 is 1.81 bits per heavy atom. The molecule has 1 saturated carbocycles. The number of carbonyl (C=O) groups is 1. The third kappa shape index (κ3) is 7.44. The molecule has 36 heavy (non-hydrogen) atoms. The molecule has 0 bridgehead atoms. The molecule has 192 valence electrons. The molecule has 0 unspecified atom stereocenters. The van der Waals surface area contributed by atoms with Gasteiger partial charge in [0.05, 0.1) is 39.0 Å². The first-order valence-corrected chi connectivity index (χ1v) is 13.2. The fraction of sp³-hybridized carbons (Fsp3) is 0.467. The predicted octanol–water partition coefficient (Wildman–Crippen LogP) is 6.32. The van der Waals surface area contributed by atoms with Crippen molar-refractivity contribution in [2.75, 3.05) is 27.2 Å². The summed E-state index contributed by atoms with van der Waals surface area (Å²) in [5.41, 5.74) is 1.61. The standard InChI is InChI=1S/C30H38N2O4/c1-32(2,18-9-19-35-26-16-14-25(15-17-26)30(33)34)22-27-21-31-29(36-27)28(24-12-7-4-8-13-24)20-23-10-5-3-6-11-23/h3,5-6,10-11,14-17,21,24,28H,4,7-9,12-13,18-20,22H2,1-2H3/p+1/t28-/m1/s1. The molecule has 2 aromatic carbocycles. The first kappa shape index (κ1) is 26.0. The van der Waals surface area contributed by atoms with Crippen molar-refractivity contribution in [2.45, 2.75) is 57.4 Å². The van der Waals surface area contributed by atoms with Gasteiger partial charge >= 0.3 is 5.97 Å². The second-order valence-corrected chi connectivity index (χ2v) is 10.7. The van der Waals surface area contributed by atoms with Crippen LogP contribution in [0.2, 0.25) is 0 Å². The maximum Gasteiger partial charge on any atom is 0.335 e. The van der Waals surface area contributed by atoms with Gasteiger partial charge in [-0.15, -0.1) is 0 Å². The number of carboxylic acid groups (broad SMARTS) is 1. The van der Waals surface area contributed by atoms with E-state index in [1.54, 1.807) is 24.3 Å². The lowest BCUT2D eigenvalue weighted by molar-refractivity contribution is -0.904. The van der Waals surface area contributed by atoms with E-state index in [0.717, 1.165) is 42.1 Å². The van der Waals surface area contributed by atoms with Crippen LogP contribution in [0.1, 0.15) is 72.0 Å². The Hall–Kier alpha value is -3.12. The van der Waals surface area contributed by atoms with Gasteiger partial charge in [0.2, 0.25) is 0 Å². The Morgan fingerprint density at radius 1 is 1.08 bits per heavy atom. The van der Waals surface area contributed by atoms with E-state index in [9.17, 15) is 4.79 Å². The lowest BCUT2D eigenvalue weighted by Crippen LogP contribution is -2.40. The number of nitrogens with zero attached hydrogens (tertiary/aromatic N) is 2. The van der Waals surface area contributed by atoms with Crippen LogP contribution in [-0.4, -0.2) is 47.8 Å². The summed E-state index contributed by atoms with van der Waals surface area (Å²) in [5.74, 6) is 2.56. The summed E-state index contributed by atoms with van der Waals surface area (Å²) in [4.78, 5) is 15.8. The molecule has 1 fully saturated rings. The number of quaternary nitrogens is 1. The van der Waals surface area contributed by atoms with Crippen molar-refractivity contribution in [2.24, 2.45) is 5.92 Å². The van der Waals surface area contributed by atoms with Crippen LogP contribution in [0.15, 0.2) is 65.2 Å². The number of aromatic carboxylic acids is 1. The van der Waals surface area contributed by atoms with Crippen LogP contribution in [0.3, 0.4) is 0 Å². The van der Waals surface area contributed by atoms with Crippen LogP contribution in [0.25, 0.3) is 0 Å². The average molecular weight is 492 g/mol. The topological polar surface area (TPSA) is 72.6 Å². The normalized spacial score (nSPS) is 15.5. The van der Waals surface area contributed by atoms with Gasteiger partial charge in [-0.1, -0.05) is 49.6 Å². The number of benzene rings is 2. The Kier molecular flexibility index (Phi) is 8.81. The highest BCUT2D eigenvalue weighted by Crippen LogP contribution is 2.38. The second kappa shape index (κ2) is 12.2. The molecule has 0 aliphatic heterocycles. The van der Waals surface area contributed by atoms with E-state index < -0.39 is 5.97 Å². The minimum atomic E-state index is -0.929. The largest absolute Gasteiger partial charge is 0.493 e. The van der Waals surface area contributed by atoms with Crippen LogP contribution in [-0.2, 0) is 13.0 Å². The minimum absolute atomic E-state index is 0.265. The van der Waals surface area contributed by atoms with Gasteiger partial charge in [-0.25, -0.2) is 9.78 Å². The zero-order valence-corrected chi connectivity index (χ0v) is 21.6. The van der Waals surface area contributed by atoms with E-state index in [0.29, 0.717) is 24.2 Å². The highest BCUT2D eigenvalue weighted by molar-refractivity contribution is 5.87. The summed E-state index contributed by atoms with van der Waals surface area (Å²) in [6, 6.07) is 17.3. The number of hydrogen-bond donors (Lipinski definition) is 1. The highest BCUT2D eigenvalue weighted by Gasteiger charge is 2.30. The van der Waals surface area contributed by atoms with Crippen molar-refractivity contribution in [3.05, 3.63) is 83.6 Å². The first-order chi connectivity index (χ1) is 17.4. The summed E-state index contributed by atoms with van der Waals surface area (Å²) < 4.78 is 13.0. The van der Waals surface area contributed by atoms with Crippen LogP contribution in [0.5, 0.6) is 5.75 Å². The molecule has 0 amide bonds. The molecule has 0 spiro atoms. The predicted molar refractivity (Wildman–Crippen MR) is 140 cm³/mol. The molecular formula is C30H39N2O4+. The minimum Gasteiger partial charge on any atom is -0.493 e. The maximum absolute atomic E-state index is 11.0. The molecule has 1 aromatic heterocycles. The quantitative estimate of drug-likeness (QED) is 0.237. The molecule has 6 nitrogen and oxygen atoms in total. The number of aromatic nitrogens is 1. The first-order valence-electron chi connectivity index (χ1n) is 13.2. The van der Waals surface area contributed by atoms with Crippen LogP contribution in [0, 0.1) is 5.92 Å². The van der Waals surface area contributed by atoms with E-state index in [-0.39, 0.29) is 5.56 Å². The Balaban J connectivity index is 1.32. The van der Waals surface area contributed by atoms with Crippen LogP contribution >= 0.6 is 0 Å². The van der Waals surface area contributed by atoms with Crippen molar-refractivity contribution in [1.82, 2.24) is 4.98 Å². The van der Waals surface area contributed by atoms with Gasteiger partial charge in [0.1, 0.15) is 12.3 Å². The number of carboxylic acids is 1. The molecule has 0 radical (unpaired) electrons. The SMILES string of the molecule is C[N+](C)(CCCOc1ccc(C(=O)O)cc1)Cc1cnc([C@H](Cc2ccccc2)C2CCCCC2)o1. The van der Waals surface area contributed by atoms with Crippen LogP contribution in [0.4, 0.5) is 0 Å². The summed E-state index contributed by atoms with van der Waals surface area (Å²) >= 11 is 0. The molecule has 1 atom stereocenters. The Labute approximate surface area is 214 Å². The fourth-order valence-corrected chi connectivity index (χ4v) is 5.30. The summed E-state index contributed by atoms with van der Waals surface area (Å²) in [5, 5.41) is 9.01. The summed E-state index contributed by atoms with van der Waals surface area (Å²) in [6.07, 6.45) is 10.3. The van der Waals surface area contributed by atoms with E-state index in [2.05, 4.69) is 44.4 Å². The number of oxazole rings is 1.